The molecule has 3 aliphatic carbocycles. The van der Waals surface area contributed by atoms with E-state index in [-0.39, 0.29) is 0 Å². The number of nitrogens with zero attached hydrogens (tertiary/aromatic N) is 6. The average molecular weight is 583 g/mol. The normalized spacial score (nSPS) is 33.1. The van der Waals surface area contributed by atoms with Gasteiger partial charge in [-0.25, -0.2) is 57.4 Å². The third-order valence-electron chi connectivity index (χ3n) is 10.6. The molecule has 0 aliphatic heterocycles. The highest BCUT2D eigenvalue weighted by Crippen LogP contribution is 2.41. The number of isocyanates is 3. The van der Waals surface area contributed by atoms with Gasteiger partial charge in [0.1, 0.15) is 0 Å². The number of rotatable bonds is 9. The largest absolute Gasteiger partial charge is 0.337 e. The Morgan fingerprint density at radius 2 is 0.833 bits per heavy atom. The quantitative estimate of drug-likeness (QED) is 0.321. The summed E-state index contributed by atoms with van der Waals surface area (Å²) in [5, 5.41) is 0. The summed E-state index contributed by atoms with van der Waals surface area (Å²) in [4.78, 5) is 89.6. The number of carbonyl (C=O) groups excluding carboxylic acids is 3. The van der Waals surface area contributed by atoms with Gasteiger partial charge in [0.05, 0.1) is 34.7 Å². The minimum absolute atomic E-state index is 0.306. The molecule has 3 fully saturated rings. The van der Waals surface area contributed by atoms with Gasteiger partial charge in [0.15, 0.2) is 0 Å². The highest BCUT2D eigenvalue weighted by molar-refractivity contribution is 5.34. The lowest BCUT2D eigenvalue weighted by molar-refractivity contribution is 0.0881. The molecule has 1 heterocycles. The van der Waals surface area contributed by atoms with Crippen molar-refractivity contribution in [2.24, 2.45) is 15.0 Å². The van der Waals surface area contributed by atoms with E-state index in [4.69, 9.17) is 0 Å². The minimum Gasteiger partial charge on any atom is -0.247 e. The maximum Gasteiger partial charge on any atom is 0.337 e. The first-order valence-electron chi connectivity index (χ1n) is 15.4. The summed E-state index contributed by atoms with van der Waals surface area (Å²) in [7, 11) is 0. The van der Waals surface area contributed by atoms with Gasteiger partial charge in [-0.15, -0.1) is 0 Å². The van der Waals surface area contributed by atoms with Crippen LogP contribution in [0.4, 0.5) is 0 Å². The molecular formula is C30H42N6O6. The van der Waals surface area contributed by atoms with Crippen LogP contribution in [0, 0.1) is 0 Å². The van der Waals surface area contributed by atoms with Crippen LogP contribution in [0.5, 0.6) is 0 Å². The first-order chi connectivity index (χ1) is 20.2. The zero-order valence-corrected chi connectivity index (χ0v) is 25.0. The van der Waals surface area contributed by atoms with E-state index in [0.29, 0.717) is 96.3 Å². The molecule has 0 saturated heterocycles. The van der Waals surface area contributed by atoms with Crippen LogP contribution in [0.25, 0.3) is 0 Å². The lowest BCUT2D eigenvalue weighted by Gasteiger charge is -2.45. The van der Waals surface area contributed by atoms with Crippen molar-refractivity contribution >= 4 is 18.2 Å². The second-order valence-electron chi connectivity index (χ2n) is 12.5. The predicted octanol–water partition coefficient (Wildman–Crippen LogP) is 3.32. The van der Waals surface area contributed by atoms with Crippen molar-refractivity contribution in [1.29, 1.82) is 0 Å². The summed E-state index contributed by atoms with van der Waals surface area (Å²) in [6, 6.07) is -1.17. The maximum absolute atomic E-state index is 14.7. The maximum atomic E-state index is 14.7. The SMILES string of the molecule is CCC1(n2c(=O)n(C3(CC)CCCC(N=C=O)C3)c(=O)n(C3(CC)CCCC(N=C=O)C3)c2=O)CCCC(N=C=O)C1. The molecule has 6 unspecified atom stereocenters. The summed E-state index contributed by atoms with van der Waals surface area (Å²) in [6.07, 6.45) is 12.6. The molecule has 12 heteroatoms. The smallest absolute Gasteiger partial charge is 0.247 e. The molecule has 0 bridgehead atoms. The van der Waals surface area contributed by atoms with E-state index in [1.54, 1.807) is 18.2 Å². The van der Waals surface area contributed by atoms with E-state index >= 15 is 0 Å². The molecule has 0 radical (unpaired) electrons. The van der Waals surface area contributed by atoms with Crippen molar-refractivity contribution in [2.45, 2.75) is 152 Å². The Morgan fingerprint density at radius 1 is 0.571 bits per heavy atom. The van der Waals surface area contributed by atoms with Crippen molar-refractivity contribution in [3.8, 4) is 0 Å². The minimum atomic E-state index is -0.956. The second-order valence-corrected chi connectivity index (χ2v) is 12.5. The van der Waals surface area contributed by atoms with E-state index in [1.165, 1.54) is 13.7 Å². The zero-order valence-electron chi connectivity index (χ0n) is 25.0. The van der Waals surface area contributed by atoms with E-state index in [9.17, 15) is 28.8 Å². The van der Waals surface area contributed by atoms with E-state index in [0.717, 1.165) is 0 Å². The van der Waals surface area contributed by atoms with Crippen molar-refractivity contribution < 1.29 is 14.4 Å². The summed E-state index contributed by atoms with van der Waals surface area (Å²) in [5.74, 6) is 0. The summed E-state index contributed by atoms with van der Waals surface area (Å²) in [5.41, 5.74) is -4.86. The van der Waals surface area contributed by atoms with Crippen LogP contribution in [0.3, 0.4) is 0 Å². The van der Waals surface area contributed by atoms with Crippen molar-refractivity contribution in [2.75, 3.05) is 0 Å². The number of hydrogen-bond acceptors (Lipinski definition) is 9. The monoisotopic (exact) mass is 582 g/mol. The van der Waals surface area contributed by atoms with Gasteiger partial charge in [0.2, 0.25) is 18.2 Å². The van der Waals surface area contributed by atoms with E-state index in [1.807, 2.05) is 20.8 Å². The molecule has 228 valence electrons. The fourth-order valence-electron chi connectivity index (χ4n) is 8.29. The van der Waals surface area contributed by atoms with Gasteiger partial charge in [0.25, 0.3) is 0 Å². The van der Waals surface area contributed by atoms with Crippen LogP contribution >= 0.6 is 0 Å². The first-order valence-corrected chi connectivity index (χ1v) is 15.4. The molecule has 1 aromatic rings. The van der Waals surface area contributed by atoms with Crippen LogP contribution in [0.15, 0.2) is 29.4 Å². The molecule has 4 rings (SSSR count). The Kier molecular flexibility index (Phi) is 9.61. The zero-order chi connectivity index (χ0) is 30.5. The van der Waals surface area contributed by atoms with Crippen LogP contribution in [-0.4, -0.2) is 50.1 Å². The lowest BCUT2D eigenvalue weighted by Crippen LogP contribution is -2.68. The third-order valence-corrected chi connectivity index (χ3v) is 10.6. The van der Waals surface area contributed by atoms with Crippen LogP contribution in [0.2, 0.25) is 0 Å². The highest BCUT2D eigenvalue weighted by Gasteiger charge is 2.48. The molecule has 0 spiro atoms. The summed E-state index contributed by atoms with van der Waals surface area (Å²) in [6.45, 7) is 5.73. The van der Waals surface area contributed by atoms with Crippen LogP contribution in [0.1, 0.15) is 117 Å². The first kappa shape index (κ1) is 31.5. The Hall–Kier alpha value is -3.45. The third kappa shape index (κ3) is 5.39. The molecule has 0 amide bonds. The van der Waals surface area contributed by atoms with E-state index in [2.05, 4.69) is 15.0 Å². The topological polar surface area (TPSA) is 154 Å². The fourth-order valence-corrected chi connectivity index (χ4v) is 8.29. The number of aromatic nitrogens is 3. The Bertz CT molecular complexity index is 1290. The van der Waals surface area contributed by atoms with Gasteiger partial charge < -0.3 is 0 Å². The molecule has 6 atom stereocenters. The molecule has 0 aromatic carbocycles. The Morgan fingerprint density at radius 3 is 1.05 bits per heavy atom. The van der Waals surface area contributed by atoms with Crippen molar-refractivity contribution in [3.63, 3.8) is 0 Å². The number of hydrogen-bond donors (Lipinski definition) is 0. The van der Waals surface area contributed by atoms with Gasteiger partial charge in [-0.2, -0.15) is 0 Å². The summed E-state index contributed by atoms with van der Waals surface area (Å²) < 4.78 is 3.86. The highest BCUT2D eigenvalue weighted by atomic mass is 16.2. The lowest BCUT2D eigenvalue weighted by atomic mass is 9.75. The van der Waals surface area contributed by atoms with Crippen LogP contribution < -0.4 is 17.1 Å². The summed E-state index contributed by atoms with van der Waals surface area (Å²) >= 11 is 0. The van der Waals surface area contributed by atoms with Gasteiger partial charge >= 0.3 is 17.1 Å². The van der Waals surface area contributed by atoms with E-state index < -0.39 is 51.8 Å². The predicted molar refractivity (Wildman–Crippen MR) is 155 cm³/mol. The van der Waals surface area contributed by atoms with Gasteiger partial charge in [0, 0.05) is 0 Å². The average Bonchev–Trinajstić information content (AvgIpc) is 2.98. The van der Waals surface area contributed by atoms with Crippen LogP contribution in [-0.2, 0) is 31.0 Å². The molecule has 3 saturated carbocycles. The molecule has 0 N–H and O–H groups in total. The van der Waals surface area contributed by atoms with Gasteiger partial charge in [-0.1, -0.05) is 20.8 Å². The molecular weight excluding hydrogens is 540 g/mol. The Labute approximate surface area is 244 Å². The molecule has 1 aromatic heterocycles. The van der Waals surface area contributed by atoms with Crippen molar-refractivity contribution in [1.82, 2.24) is 13.7 Å². The molecule has 42 heavy (non-hydrogen) atoms. The van der Waals surface area contributed by atoms with Gasteiger partial charge in [-0.3, -0.25) is 0 Å². The molecule has 3 aliphatic rings. The molecule has 12 nitrogen and oxygen atoms in total. The Balaban J connectivity index is 2.10. The number of aliphatic imine (C=N–C) groups is 3. The van der Waals surface area contributed by atoms with Crippen molar-refractivity contribution in [3.05, 3.63) is 31.5 Å². The van der Waals surface area contributed by atoms with Gasteiger partial charge in [-0.05, 0) is 96.3 Å². The standard InChI is InChI=1S/C30H42N6O6/c1-4-28(13-7-10-22(16-28)31-19-37)34-25(40)35(29(5-2)14-8-11-23(17-29)32-20-38)27(42)36(26(34)41)30(6-3)15-9-12-24(18-30)33-21-39/h22-24H,4-18H2,1-3H3. The second kappa shape index (κ2) is 12.8. The fraction of sp³-hybridized carbons (Fsp3) is 0.800.